The van der Waals surface area contributed by atoms with Gasteiger partial charge in [-0.1, -0.05) is 143 Å². The van der Waals surface area contributed by atoms with Gasteiger partial charge >= 0.3 is 0 Å². The maximum atomic E-state index is 9.01. The molecule has 0 rings (SSSR count). The minimum absolute atomic E-state index is 0.359. The van der Waals surface area contributed by atoms with Crippen molar-refractivity contribution in [2.75, 3.05) is 6.61 Å². The summed E-state index contributed by atoms with van der Waals surface area (Å²) in [4.78, 5) is 0. The molecule has 0 fully saturated rings. The standard InChI is InChI=1S/C26H54O/c1-4-5-6-7-8-12-15-18-21-25(2)22-19-16-13-10-9-11-14-17-20-23-26(3)24-27/h25-27H,4-24H2,1-3H3/t25-,26-/m0/s1. The highest BCUT2D eigenvalue weighted by molar-refractivity contribution is 4.56. The van der Waals surface area contributed by atoms with E-state index in [2.05, 4.69) is 20.8 Å². The first-order valence-corrected chi connectivity index (χ1v) is 12.8. The van der Waals surface area contributed by atoms with E-state index < -0.39 is 0 Å². The summed E-state index contributed by atoms with van der Waals surface area (Å²) in [5.41, 5.74) is 0. The van der Waals surface area contributed by atoms with Crippen LogP contribution in [0.3, 0.4) is 0 Å². The number of aliphatic hydroxyl groups is 1. The van der Waals surface area contributed by atoms with Crippen molar-refractivity contribution in [1.29, 1.82) is 0 Å². The van der Waals surface area contributed by atoms with Crippen LogP contribution in [0.2, 0.25) is 0 Å². The van der Waals surface area contributed by atoms with Gasteiger partial charge in [0.05, 0.1) is 0 Å². The quantitative estimate of drug-likeness (QED) is 0.185. The van der Waals surface area contributed by atoms with Gasteiger partial charge < -0.3 is 5.11 Å². The lowest BCUT2D eigenvalue weighted by molar-refractivity contribution is 0.227. The Morgan fingerprint density at radius 2 is 0.741 bits per heavy atom. The highest BCUT2D eigenvalue weighted by Gasteiger charge is 2.02. The van der Waals surface area contributed by atoms with Crippen molar-refractivity contribution in [2.45, 2.75) is 149 Å². The molecule has 0 aliphatic carbocycles. The molecule has 164 valence electrons. The van der Waals surface area contributed by atoms with Gasteiger partial charge in [-0.25, -0.2) is 0 Å². The van der Waals surface area contributed by atoms with Gasteiger partial charge in [-0.15, -0.1) is 0 Å². The first kappa shape index (κ1) is 27.0. The van der Waals surface area contributed by atoms with Crippen LogP contribution in [-0.2, 0) is 0 Å². The second kappa shape index (κ2) is 22.3. The van der Waals surface area contributed by atoms with Crippen LogP contribution in [0, 0.1) is 11.8 Å². The molecule has 0 spiro atoms. The normalized spacial score (nSPS) is 13.8. The first-order chi connectivity index (χ1) is 13.2. The van der Waals surface area contributed by atoms with Crippen molar-refractivity contribution in [3.8, 4) is 0 Å². The van der Waals surface area contributed by atoms with Crippen LogP contribution in [0.1, 0.15) is 149 Å². The number of hydrogen-bond acceptors (Lipinski definition) is 1. The van der Waals surface area contributed by atoms with E-state index in [1.807, 2.05) is 0 Å². The Balaban J connectivity index is 3.15. The molecule has 0 aliphatic heterocycles. The summed E-state index contributed by atoms with van der Waals surface area (Å²) in [5.74, 6) is 1.45. The molecule has 0 heterocycles. The Labute approximate surface area is 173 Å². The zero-order valence-electron chi connectivity index (χ0n) is 19.5. The number of aliphatic hydroxyl groups excluding tert-OH is 1. The maximum Gasteiger partial charge on any atom is 0.0456 e. The Morgan fingerprint density at radius 3 is 1.07 bits per heavy atom. The molecule has 0 unspecified atom stereocenters. The van der Waals surface area contributed by atoms with Crippen LogP contribution in [0.25, 0.3) is 0 Å². The number of rotatable bonds is 22. The average Bonchev–Trinajstić information content (AvgIpc) is 2.67. The summed E-state index contributed by atoms with van der Waals surface area (Å²) in [6.45, 7) is 7.28. The lowest BCUT2D eigenvalue weighted by Gasteiger charge is -2.11. The molecule has 0 aromatic rings. The molecule has 0 saturated carbocycles. The third-order valence-corrected chi connectivity index (χ3v) is 6.26. The summed E-state index contributed by atoms with van der Waals surface area (Å²) in [6.07, 6.45) is 28.4. The molecule has 1 N–H and O–H groups in total. The van der Waals surface area contributed by atoms with E-state index in [-0.39, 0.29) is 0 Å². The first-order valence-electron chi connectivity index (χ1n) is 12.8. The smallest absolute Gasteiger partial charge is 0.0456 e. The molecule has 27 heavy (non-hydrogen) atoms. The Morgan fingerprint density at radius 1 is 0.444 bits per heavy atom. The molecular formula is C26H54O. The summed E-state index contributed by atoms with van der Waals surface area (Å²) < 4.78 is 0. The van der Waals surface area contributed by atoms with E-state index in [1.165, 1.54) is 128 Å². The maximum absolute atomic E-state index is 9.01. The van der Waals surface area contributed by atoms with Crippen molar-refractivity contribution < 1.29 is 5.11 Å². The van der Waals surface area contributed by atoms with Gasteiger partial charge in [0.1, 0.15) is 0 Å². The fraction of sp³-hybridized carbons (Fsp3) is 1.00. The zero-order valence-corrected chi connectivity index (χ0v) is 19.5. The van der Waals surface area contributed by atoms with Gasteiger partial charge in [-0.2, -0.15) is 0 Å². The van der Waals surface area contributed by atoms with Crippen LogP contribution in [0.4, 0.5) is 0 Å². The second-order valence-corrected chi connectivity index (χ2v) is 9.42. The lowest BCUT2D eigenvalue weighted by Crippen LogP contribution is -1.99. The molecular weight excluding hydrogens is 328 g/mol. The Bertz CT molecular complexity index is 263. The van der Waals surface area contributed by atoms with E-state index in [0.29, 0.717) is 12.5 Å². The monoisotopic (exact) mass is 382 g/mol. The van der Waals surface area contributed by atoms with Gasteiger partial charge in [0.2, 0.25) is 0 Å². The number of hydrogen-bond donors (Lipinski definition) is 1. The third-order valence-electron chi connectivity index (χ3n) is 6.26. The van der Waals surface area contributed by atoms with Crippen molar-refractivity contribution in [1.82, 2.24) is 0 Å². The SMILES string of the molecule is CCCCCCCCCC[C@H](C)CCCCCCCCCCC[C@H](C)CO. The van der Waals surface area contributed by atoms with Crippen LogP contribution >= 0.6 is 0 Å². The lowest BCUT2D eigenvalue weighted by atomic mass is 9.95. The Kier molecular flexibility index (Phi) is 22.2. The van der Waals surface area contributed by atoms with Gasteiger partial charge in [0.15, 0.2) is 0 Å². The topological polar surface area (TPSA) is 20.2 Å². The van der Waals surface area contributed by atoms with Crippen LogP contribution in [0.15, 0.2) is 0 Å². The fourth-order valence-electron chi connectivity index (χ4n) is 4.09. The van der Waals surface area contributed by atoms with E-state index in [4.69, 9.17) is 5.11 Å². The highest BCUT2D eigenvalue weighted by atomic mass is 16.3. The van der Waals surface area contributed by atoms with E-state index in [0.717, 1.165) is 5.92 Å². The van der Waals surface area contributed by atoms with Crippen LogP contribution in [-0.4, -0.2) is 11.7 Å². The minimum Gasteiger partial charge on any atom is -0.396 e. The van der Waals surface area contributed by atoms with Gasteiger partial charge in [0.25, 0.3) is 0 Å². The minimum atomic E-state index is 0.359. The summed E-state index contributed by atoms with van der Waals surface area (Å²) >= 11 is 0. The van der Waals surface area contributed by atoms with Crippen LogP contribution in [0.5, 0.6) is 0 Å². The Hall–Kier alpha value is -0.0400. The average molecular weight is 383 g/mol. The molecule has 0 saturated heterocycles. The largest absolute Gasteiger partial charge is 0.396 e. The molecule has 2 atom stereocenters. The van der Waals surface area contributed by atoms with E-state index >= 15 is 0 Å². The van der Waals surface area contributed by atoms with Gasteiger partial charge in [-0.05, 0) is 18.3 Å². The molecule has 0 aromatic carbocycles. The summed E-state index contributed by atoms with van der Waals surface area (Å²) in [7, 11) is 0. The molecule has 0 amide bonds. The number of unbranched alkanes of at least 4 members (excludes halogenated alkanes) is 15. The van der Waals surface area contributed by atoms with E-state index in [9.17, 15) is 0 Å². The molecule has 1 nitrogen and oxygen atoms in total. The van der Waals surface area contributed by atoms with Crippen molar-refractivity contribution in [3.63, 3.8) is 0 Å². The molecule has 0 bridgehead atoms. The molecule has 1 heteroatoms. The second-order valence-electron chi connectivity index (χ2n) is 9.42. The van der Waals surface area contributed by atoms with Gasteiger partial charge in [-0.3, -0.25) is 0 Å². The van der Waals surface area contributed by atoms with E-state index in [1.54, 1.807) is 0 Å². The highest BCUT2D eigenvalue weighted by Crippen LogP contribution is 2.19. The predicted molar refractivity (Wildman–Crippen MR) is 123 cm³/mol. The molecule has 0 radical (unpaired) electrons. The zero-order chi connectivity index (χ0) is 20.0. The van der Waals surface area contributed by atoms with Crippen LogP contribution < -0.4 is 0 Å². The van der Waals surface area contributed by atoms with Crippen molar-refractivity contribution >= 4 is 0 Å². The van der Waals surface area contributed by atoms with Crippen molar-refractivity contribution in [3.05, 3.63) is 0 Å². The molecule has 0 aromatic heterocycles. The molecule has 0 aliphatic rings. The summed E-state index contributed by atoms with van der Waals surface area (Å²) in [5, 5.41) is 9.01. The third kappa shape index (κ3) is 22.1. The summed E-state index contributed by atoms with van der Waals surface area (Å²) in [6, 6.07) is 0. The van der Waals surface area contributed by atoms with Crippen molar-refractivity contribution in [2.24, 2.45) is 11.8 Å². The predicted octanol–water partition coefficient (Wildman–Crippen LogP) is 9.07. The van der Waals surface area contributed by atoms with Gasteiger partial charge in [0, 0.05) is 6.61 Å². The fourth-order valence-corrected chi connectivity index (χ4v) is 4.09.